The summed E-state index contributed by atoms with van der Waals surface area (Å²) in [6.07, 6.45) is 4.82. The third-order valence-corrected chi connectivity index (χ3v) is 5.39. The Hall–Kier alpha value is -2.47. The molecular formula is C20H22FN3O2. The molecule has 1 aromatic carbocycles. The van der Waals surface area contributed by atoms with E-state index in [1.807, 2.05) is 0 Å². The number of pyridine rings is 1. The van der Waals surface area contributed by atoms with Crippen LogP contribution < -0.4 is 15.4 Å². The van der Waals surface area contributed by atoms with Gasteiger partial charge in [-0.2, -0.15) is 0 Å². The summed E-state index contributed by atoms with van der Waals surface area (Å²) in [7, 11) is 0. The van der Waals surface area contributed by atoms with Crippen LogP contribution in [0.1, 0.15) is 25.0 Å². The van der Waals surface area contributed by atoms with Gasteiger partial charge in [0.05, 0.1) is 12.2 Å². The van der Waals surface area contributed by atoms with Crippen LogP contribution in [0.15, 0.2) is 42.6 Å². The van der Waals surface area contributed by atoms with Gasteiger partial charge in [-0.3, -0.25) is 9.78 Å². The first-order valence-electron chi connectivity index (χ1n) is 9.01. The number of carbonyl (C=O) groups is 1. The molecule has 1 unspecified atom stereocenters. The summed E-state index contributed by atoms with van der Waals surface area (Å²) in [5.41, 5.74) is 0.967. The zero-order valence-electron chi connectivity index (χ0n) is 14.5. The van der Waals surface area contributed by atoms with E-state index >= 15 is 0 Å². The van der Waals surface area contributed by atoms with Crippen LogP contribution in [0.4, 0.5) is 4.39 Å². The van der Waals surface area contributed by atoms with Gasteiger partial charge in [0, 0.05) is 18.2 Å². The maximum Gasteiger partial charge on any atom is 0.224 e. The van der Waals surface area contributed by atoms with Gasteiger partial charge in [-0.25, -0.2) is 4.39 Å². The number of aromatic nitrogens is 1. The molecule has 136 valence electrons. The number of benzene rings is 1. The van der Waals surface area contributed by atoms with Crippen molar-refractivity contribution in [1.29, 1.82) is 0 Å². The van der Waals surface area contributed by atoms with E-state index in [9.17, 15) is 9.18 Å². The third kappa shape index (κ3) is 3.70. The minimum atomic E-state index is -0.304. The van der Waals surface area contributed by atoms with Gasteiger partial charge in [-0.1, -0.05) is 0 Å². The smallest absolute Gasteiger partial charge is 0.224 e. The van der Waals surface area contributed by atoms with Gasteiger partial charge in [0.1, 0.15) is 17.3 Å². The molecule has 1 amide bonds. The summed E-state index contributed by atoms with van der Waals surface area (Å²) in [5.74, 6) is 1.12. The van der Waals surface area contributed by atoms with E-state index in [0.29, 0.717) is 18.0 Å². The second kappa shape index (κ2) is 7.03. The standard InChI is InChI=1S/C20H22FN3O2/c21-14-1-3-16(4-2-14)26-17-5-8-23-15(11-17)13-24-19(25)18-12-20(18)6-9-22-10-7-20/h1-5,8,11,18,22H,6-7,9-10,12-13H2,(H,24,25). The van der Waals surface area contributed by atoms with Gasteiger partial charge < -0.3 is 15.4 Å². The molecule has 2 aromatic rings. The number of amides is 1. The van der Waals surface area contributed by atoms with Crippen molar-refractivity contribution in [1.82, 2.24) is 15.6 Å². The normalized spacial score (nSPS) is 20.6. The molecule has 1 saturated carbocycles. The number of hydrogen-bond acceptors (Lipinski definition) is 4. The Morgan fingerprint density at radius 2 is 2.00 bits per heavy atom. The first-order chi connectivity index (χ1) is 12.6. The molecule has 2 heterocycles. The fraction of sp³-hybridized carbons (Fsp3) is 0.400. The van der Waals surface area contributed by atoms with Crippen LogP contribution in [0.5, 0.6) is 11.5 Å². The predicted molar refractivity (Wildman–Crippen MR) is 95.2 cm³/mol. The van der Waals surface area contributed by atoms with Crippen molar-refractivity contribution in [2.75, 3.05) is 13.1 Å². The van der Waals surface area contributed by atoms with Crippen molar-refractivity contribution in [3.8, 4) is 11.5 Å². The first-order valence-corrected chi connectivity index (χ1v) is 9.01. The van der Waals surface area contributed by atoms with Crippen LogP contribution in [-0.4, -0.2) is 24.0 Å². The second-order valence-electron chi connectivity index (χ2n) is 7.13. The van der Waals surface area contributed by atoms with Gasteiger partial charge in [-0.15, -0.1) is 0 Å². The Kier molecular flexibility index (Phi) is 4.59. The first kappa shape index (κ1) is 17.0. The van der Waals surface area contributed by atoms with Gasteiger partial charge in [-0.05, 0) is 68.1 Å². The highest BCUT2D eigenvalue weighted by molar-refractivity contribution is 5.82. The Balaban J connectivity index is 1.32. The number of hydrogen-bond donors (Lipinski definition) is 2. The molecule has 0 radical (unpaired) electrons. The molecule has 4 rings (SSSR count). The minimum Gasteiger partial charge on any atom is -0.457 e. The minimum absolute atomic E-state index is 0.124. The van der Waals surface area contributed by atoms with Crippen LogP contribution in [0, 0.1) is 17.2 Å². The van der Waals surface area contributed by atoms with Crippen molar-refractivity contribution < 1.29 is 13.9 Å². The Bertz CT molecular complexity index is 788. The zero-order chi connectivity index (χ0) is 18.0. The third-order valence-electron chi connectivity index (χ3n) is 5.39. The topological polar surface area (TPSA) is 63.2 Å². The highest BCUT2D eigenvalue weighted by atomic mass is 19.1. The number of nitrogens with one attached hydrogen (secondary N) is 2. The van der Waals surface area contributed by atoms with E-state index in [2.05, 4.69) is 15.6 Å². The molecule has 1 aliphatic carbocycles. The maximum atomic E-state index is 13.0. The van der Waals surface area contributed by atoms with E-state index < -0.39 is 0 Å². The highest BCUT2D eigenvalue weighted by Crippen LogP contribution is 2.58. The largest absolute Gasteiger partial charge is 0.457 e. The average molecular weight is 355 g/mol. The molecule has 1 aromatic heterocycles. The van der Waals surface area contributed by atoms with Crippen molar-refractivity contribution in [2.24, 2.45) is 11.3 Å². The molecule has 1 atom stereocenters. The van der Waals surface area contributed by atoms with E-state index in [4.69, 9.17) is 4.74 Å². The molecule has 1 spiro atoms. The van der Waals surface area contributed by atoms with Crippen LogP contribution in [0.2, 0.25) is 0 Å². The number of piperidine rings is 1. The van der Waals surface area contributed by atoms with Crippen LogP contribution >= 0.6 is 0 Å². The molecule has 2 N–H and O–H groups in total. The number of halogens is 1. The van der Waals surface area contributed by atoms with Crippen LogP contribution in [-0.2, 0) is 11.3 Å². The number of carbonyl (C=O) groups excluding carboxylic acids is 1. The lowest BCUT2D eigenvalue weighted by molar-refractivity contribution is -0.123. The summed E-state index contributed by atoms with van der Waals surface area (Å²) in [4.78, 5) is 16.7. The Labute approximate surface area is 152 Å². The van der Waals surface area contributed by atoms with Gasteiger partial charge >= 0.3 is 0 Å². The lowest BCUT2D eigenvalue weighted by atomic mass is 9.92. The summed E-state index contributed by atoms with van der Waals surface area (Å²) in [5, 5.41) is 6.35. The van der Waals surface area contributed by atoms with E-state index in [-0.39, 0.29) is 23.1 Å². The van der Waals surface area contributed by atoms with Crippen molar-refractivity contribution in [3.63, 3.8) is 0 Å². The lowest BCUT2D eigenvalue weighted by Gasteiger charge is -2.23. The van der Waals surface area contributed by atoms with Crippen molar-refractivity contribution in [3.05, 3.63) is 54.1 Å². The van der Waals surface area contributed by atoms with Crippen LogP contribution in [0.3, 0.4) is 0 Å². The summed E-state index contributed by atoms with van der Waals surface area (Å²) in [6.45, 7) is 2.40. The number of ether oxygens (including phenoxy) is 1. The summed E-state index contributed by atoms with van der Waals surface area (Å²) >= 11 is 0. The fourth-order valence-corrected chi connectivity index (χ4v) is 3.75. The number of nitrogens with zero attached hydrogens (tertiary/aromatic N) is 1. The Morgan fingerprint density at radius 1 is 1.23 bits per heavy atom. The van der Waals surface area contributed by atoms with E-state index in [1.54, 1.807) is 30.5 Å². The quantitative estimate of drug-likeness (QED) is 0.865. The SMILES string of the molecule is O=C(NCc1cc(Oc2ccc(F)cc2)ccn1)C1CC12CCNCC2. The van der Waals surface area contributed by atoms with Gasteiger partial charge in [0.2, 0.25) is 5.91 Å². The number of rotatable bonds is 5. The Morgan fingerprint density at radius 3 is 2.77 bits per heavy atom. The van der Waals surface area contributed by atoms with E-state index in [0.717, 1.165) is 38.0 Å². The summed E-state index contributed by atoms with van der Waals surface area (Å²) in [6, 6.07) is 9.37. The van der Waals surface area contributed by atoms with Crippen molar-refractivity contribution in [2.45, 2.75) is 25.8 Å². The molecule has 1 aliphatic heterocycles. The van der Waals surface area contributed by atoms with Gasteiger partial charge in [0.25, 0.3) is 0 Å². The molecule has 1 saturated heterocycles. The lowest BCUT2D eigenvalue weighted by Crippen LogP contribution is -2.33. The predicted octanol–water partition coefficient (Wildman–Crippen LogP) is 3.02. The molecule has 6 heteroatoms. The van der Waals surface area contributed by atoms with Gasteiger partial charge in [0.15, 0.2) is 0 Å². The molecule has 2 fully saturated rings. The summed E-state index contributed by atoms with van der Waals surface area (Å²) < 4.78 is 18.7. The molecule has 2 aliphatic rings. The van der Waals surface area contributed by atoms with E-state index in [1.165, 1.54) is 12.1 Å². The zero-order valence-corrected chi connectivity index (χ0v) is 14.5. The van der Waals surface area contributed by atoms with Crippen LogP contribution in [0.25, 0.3) is 0 Å². The van der Waals surface area contributed by atoms with Crippen molar-refractivity contribution >= 4 is 5.91 Å². The molecule has 0 bridgehead atoms. The molecule has 26 heavy (non-hydrogen) atoms. The molecule has 5 nitrogen and oxygen atoms in total. The average Bonchev–Trinajstić information content (AvgIpc) is 3.35. The highest BCUT2D eigenvalue weighted by Gasteiger charge is 2.57. The second-order valence-corrected chi connectivity index (χ2v) is 7.13. The molecular weight excluding hydrogens is 333 g/mol. The fourth-order valence-electron chi connectivity index (χ4n) is 3.75. The monoisotopic (exact) mass is 355 g/mol. The maximum absolute atomic E-state index is 13.0.